The van der Waals surface area contributed by atoms with Crippen LogP contribution in [0.3, 0.4) is 0 Å². The van der Waals surface area contributed by atoms with Crippen molar-refractivity contribution in [2.75, 3.05) is 23.7 Å². The fraction of sp³-hybridized carbons (Fsp3) is 0.286. The van der Waals surface area contributed by atoms with E-state index >= 15 is 0 Å². The lowest BCUT2D eigenvalue weighted by Gasteiger charge is -2.14. The molecule has 6 heteroatoms. The lowest BCUT2D eigenvalue weighted by Crippen LogP contribution is -2.14. The van der Waals surface area contributed by atoms with Gasteiger partial charge in [0.25, 0.3) is 0 Å². The number of aliphatic hydroxyl groups is 1. The van der Waals surface area contributed by atoms with Crippen molar-refractivity contribution in [3.63, 3.8) is 0 Å². The Morgan fingerprint density at radius 3 is 2.45 bits per heavy atom. The highest BCUT2D eigenvalue weighted by atomic mass is 79.9. The molecule has 1 aromatic carbocycles. The predicted molar refractivity (Wildman–Crippen MR) is 83.8 cm³/mol. The normalized spacial score (nSPS) is 11.9. The van der Waals surface area contributed by atoms with Crippen LogP contribution in [0, 0.1) is 0 Å². The summed E-state index contributed by atoms with van der Waals surface area (Å²) in [5, 5.41) is 16.4. The number of hydrogen-bond acceptors (Lipinski definition) is 5. The van der Waals surface area contributed by atoms with E-state index in [1.54, 1.807) is 0 Å². The number of benzene rings is 1. The van der Waals surface area contributed by atoms with Crippen molar-refractivity contribution in [1.29, 1.82) is 0 Å². The number of nitrogens with one attached hydrogen (secondary N) is 2. The molecule has 1 heterocycles. The zero-order valence-electron chi connectivity index (χ0n) is 11.2. The zero-order chi connectivity index (χ0) is 14.4. The maximum atomic E-state index is 10.1. The van der Waals surface area contributed by atoms with Crippen molar-refractivity contribution < 1.29 is 5.11 Å². The number of nitrogens with zero attached hydrogens (tertiary/aromatic N) is 2. The van der Waals surface area contributed by atoms with Crippen LogP contribution in [-0.2, 0) is 0 Å². The molecule has 1 unspecified atom stereocenters. The predicted octanol–water partition coefficient (Wildman–Crippen LogP) is 2.82. The number of aromatic nitrogens is 2. The molecule has 2 rings (SSSR count). The fourth-order valence-electron chi connectivity index (χ4n) is 1.77. The summed E-state index contributed by atoms with van der Waals surface area (Å²) in [5.41, 5.74) is 0.872. The molecule has 2 aromatic rings. The van der Waals surface area contributed by atoms with Gasteiger partial charge in [0, 0.05) is 13.1 Å². The Kier molecular flexibility index (Phi) is 5.31. The van der Waals surface area contributed by atoms with Crippen molar-refractivity contribution in [3.8, 4) is 0 Å². The van der Waals surface area contributed by atoms with E-state index in [1.807, 2.05) is 37.3 Å². The van der Waals surface area contributed by atoms with Crippen LogP contribution in [0.5, 0.6) is 0 Å². The minimum atomic E-state index is -0.583. The summed E-state index contributed by atoms with van der Waals surface area (Å²) < 4.78 is 0.766. The average Bonchev–Trinajstić information content (AvgIpc) is 2.49. The SMILES string of the molecule is CCNc1ncnc(NCC(O)c2ccccc2)c1Br. The van der Waals surface area contributed by atoms with Crippen molar-refractivity contribution in [2.24, 2.45) is 0 Å². The van der Waals surface area contributed by atoms with Crippen LogP contribution in [0.2, 0.25) is 0 Å². The minimum Gasteiger partial charge on any atom is -0.387 e. The molecule has 0 amide bonds. The molecule has 0 aliphatic rings. The third-order valence-corrected chi connectivity index (χ3v) is 3.53. The van der Waals surface area contributed by atoms with Crippen LogP contribution in [0.25, 0.3) is 0 Å². The monoisotopic (exact) mass is 336 g/mol. The lowest BCUT2D eigenvalue weighted by molar-refractivity contribution is 0.191. The number of anilines is 2. The quantitative estimate of drug-likeness (QED) is 0.756. The maximum Gasteiger partial charge on any atom is 0.146 e. The molecular weight excluding hydrogens is 320 g/mol. The van der Waals surface area contributed by atoms with Crippen LogP contribution >= 0.6 is 15.9 Å². The van der Waals surface area contributed by atoms with Gasteiger partial charge in [-0.25, -0.2) is 9.97 Å². The summed E-state index contributed by atoms with van der Waals surface area (Å²) >= 11 is 3.46. The van der Waals surface area contributed by atoms with E-state index in [0.717, 1.165) is 22.4 Å². The number of aliphatic hydroxyl groups excluding tert-OH is 1. The molecule has 0 aliphatic carbocycles. The Bertz CT molecular complexity index is 550. The van der Waals surface area contributed by atoms with Gasteiger partial charge in [-0.05, 0) is 28.4 Å². The lowest BCUT2D eigenvalue weighted by atomic mass is 10.1. The van der Waals surface area contributed by atoms with Gasteiger partial charge in [-0.3, -0.25) is 0 Å². The minimum absolute atomic E-state index is 0.380. The molecule has 3 N–H and O–H groups in total. The van der Waals surface area contributed by atoms with Crippen LogP contribution < -0.4 is 10.6 Å². The van der Waals surface area contributed by atoms with Crippen LogP contribution in [0.15, 0.2) is 41.1 Å². The fourth-order valence-corrected chi connectivity index (χ4v) is 2.26. The Balaban J connectivity index is 2.02. The summed E-state index contributed by atoms with van der Waals surface area (Å²) in [4.78, 5) is 8.31. The van der Waals surface area contributed by atoms with Gasteiger partial charge < -0.3 is 15.7 Å². The Labute approximate surface area is 126 Å². The van der Waals surface area contributed by atoms with E-state index in [1.165, 1.54) is 6.33 Å². The summed E-state index contributed by atoms with van der Waals surface area (Å²) in [6.07, 6.45) is 0.903. The molecule has 0 aliphatic heterocycles. The smallest absolute Gasteiger partial charge is 0.146 e. The van der Waals surface area contributed by atoms with Crippen molar-refractivity contribution in [2.45, 2.75) is 13.0 Å². The molecule has 0 fully saturated rings. The summed E-state index contributed by atoms with van der Waals surface area (Å²) in [5.74, 6) is 1.39. The van der Waals surface area contributed by atoms with Gasteiger partial charge in [0.2, 0.25) is 0 Å². The van der Waals surface area contributed by atoms with Gasteiger partial charge in [-0.15, -0.1) is 0 Å². The summed E-state index contributed by atoms with van der Waals surface area (Å²) in [6.45, 7) is 3.16. The van der Waals surface area contributed by atoms with Gasteiger partial charge in [0.15, 0.2) is 0 Å². The average molecular weight is 337 g/mol. The topological polar surface area (TPSA) is 70.1 Å². The largest absolute Gasteiger partial charge is 0.387 e. The van der Waals surface area contributed by atoms with Crippen LogP contribution in [0.4, 0.5) is 11.6 Å². The van der Waals surface area contributed by atoms with Crippen molar-refractivity contribution >= 4 is 27.6 Å². The number of halogens is 1. The molecule has 0 radical (unpaired) electrons. The Morgan fingerprint density at radius 1 is 1.15 bits per heavy atom. The highest BCUT2D eigenvalue weighted by Crippen LogP contribution is 2.26. The molecule has 20 heavy (non-hydrogen) atoms. The summed E-state index contributed by atoms with van der Waals surface area (Å²) in [7, 11) is 0. The first-order valence-corrected chi connectivity index (χ1v) is 7.23. The van der Waals surface area contributed by atoms with Crippen molar-refractivity contribution in [1.82, 2.24) is 9.97 Å². The van der Waals surface area contributed by atoms with E-state index in [2.05, 4.69) is 36.5 Å². The Morgan fingerprint density at radius 2 is 1.80 bits per heavy atom. The summed E-state index contributed by atoms with van der Waals surface area (Å²) in [6, 6.07) is 9.52. The van der Waals surface area contributed by atoms with Crippen LogP contribution in [0.1, 0.15) is 18.6 Å². The first kappa shape index (κ1) is 14.7. The van der Waals surface area contributed by atoms with Gasteiger partial charge in [0.05, 0.1) is 6.10 Å². The van der Waals surface area contributed by atoms with Gasteiger partial charge in [0.1, 0.15) is 22.4 Å². The van der Waals surface area contributed by atoms with Gasteiger partial charge in [-0.1, -0.05) is 30.3 Å². The molecule has 1 aromatic heterocycles. The second kappa shape index (κ2) is 7.21. The number of rotatable bonds is 6. The van der Waals surface area contributed by atoms with E-state index in [4.69, 9.17) is 0 Å². The van der Waals surface area contributed by atoms with Gasteiger partial charge in [-0.2, -0.15) is 0 Å². The maximum absolute atomic E-state index is 10.1. The van der Waals surface area contributed by atoms with Crippen LogP contribution in [-0.4, -0.2) is 28.2 Å². The molecule has 0 bridgehead atoms. The van der Waals surface area contributed by atoms with E-state index < -0.39 is 6.10 Å². The highest BCUT2D eigenvalue weighted by Gasteiger charge is 2.11. The van der Waals surface area contributed by atoms with E-state index in [0.29, 0.717) is 12.4 Å². The molecule has 0 spiro atoms. The Hall–Kier alpha value is -1.66. The van der Waals surface area contributed by atoms with E-state index in [9.17, 15) is 5.11 Å². The first-order chi connectivity index (χ1) is 9.72. The van der Waals surface area contributed by atoms with E-state index in [-0.39, 0.29) is 0 Å². The molecule has 5 nitrogen and oxygen atoms in total. The van der Waals surface area contributed by atoms with Gasteiger partial charge >= 0.3 is 0 Å². The molecule has 0 saturated carbocycles. The standard InChI is InChI=1S/C14H17BrN4O/c1-2-16-13-12(15)14(19-9-18-13)17-8-11(20)10-6-4-3-5-7-10/h3-7,9,11,20H,2,8H2,1H3,(H2,16,17,18,19). The highest BCUT2D eigenvalue weighted by molar-refractivity contribution is 9.10. The first-order valence-electron chi connectivity index (χ1n) is 6.43. The molecule has 0 saturated heterocycles. The molecular formula is C14H17BrN4O. The zero-order valence-corrected chi connectivity index (χ0v) is 12.8. The number of hydrogen-bond donors (Lipinski definition) is 3. The molecule has 1 atom stereocenters. The van der Waals surface area contributed by atoms with Crippen molar-refractivity contribution in [3.05, 3.63) is 46.7 Å². The third-order valence-electron chi connectivity index (χ3n) is 2.78. The molecule has 106 valence electrons. The second-order valence-electron chi connectivity index (χ2n) is 4.22. The third kappa shape index (κ3) is 3.68. The second-order valence-corrected chi connectivity index (χ2v) is 5.02.